The lowest BCUT2D eigenvalue weighted by Gasteiger charge is -2.30. The van der Waals surface area contributed by atoms with Crippen molar-refractivity contribution < 1.29 is 23.8 Å². The summed E-state index contributed by atoms with van der Waals surface area (Å²) in [6.45, 7) is 4.56. The van der Waals surface area contributed by atoms with Crippen LogP contribution in [0.25, 0.3) is 0 Å². The Hall–Kier alpha value is -2.93. The highest BCUT2D eigenvalue weighted by Crippen LogP contribution is 2.27. The lowest BCUT2D eigenvalue weighted by molar-refractivity contribution is -0.143. The Morgan fingerprint density at radius 3 is 2.15 bits per heavy atom. The predicted octanol–water partition coefficient (Wildman–Crippen LogP) is 4.46. The van der Waals surface area contributed by atoms with Crippen molar-refractivity contribution in [1.82, 2.24) is 10.2 Å². The maximum Gasteiger partial charge on any atom is 0.261 e. The largest absolute Gasteiger partial charge is 0.496 e. The van der Waals surface area contributed by atoms with E-state index in [-0.39, 0.29) is 25.0 Å². The molecule has 0 aliphatic rings. The summed E-state index contributed by atoms with van der Waals surface area (Å²) >= 11 is 6.00. The van der Waals surface area contributed by atoms with Crippen LogP contribution in [0.1, 0.15) is 38.7 Å². The Balaban J connectivity index is 2.21. The van der Waals surface area contributed by atoms with E-state index in [0.717, 1.165) is 18.4 Å². The molecule has 0 aromatic heterocycles. The van der Waals surface area contributed by atoms with Crippen LogP contribution in [0.4, 0.5) is 0 Å². The molecule has 2 rings (SSSR count). The second-order valence-electron chi connectivity index (χ2n) is 7.55. The molecule has 1 N–H and O–H groups in total. The van der Waals surface area contributed by atoms with Crippen LogP contribution in [0.2, 0.25) is 5.02 Å². The fourth-order valence-electron chi connectivity index (χ4n) is 3.30. The minimum absolute atomic E-state index is 0.170. The third kappa shape index (κ3) is 8.17. The number of amides is 2. The third-order valence-corrected chi connectivity index (χ3v) is 5.42. The summed E-state index contributed by atoms with van der Waals surface area (Å²) in [5, 5.41) is 3.55. The van der Waals surface area contributed by atoms with Gasteiger partial charge in [-0.1, -0.05) is 44.0 Å². The summed E-state index contributed by atoms with van der Waals surface area (Å²) in [4.78, 5) is 27.7. The van der Waals surface area contributed by atoms with E-state index in [0.29, 0.717) is 35.2 Å². The Bertz CT molecular complexity index is 882. The minimum atomic E-state index is -0.617. The first kappa shape index (κ1) is 26.3. The first-order valence-electron chi connectivity index (χ1n) is 11.1. The molecule has 8 heteroatoms. The van der Waals surface area contributed by atoms with Crippen LogP contribution in [0.15, 0.2) is 42.5 Å². The number of benzene rings is 2. The fraction of sp³-hybridized carbons (Fsp3) is 0.440. The van der Waals surface area contributed by atoms with Gasteiger partial charge in [-0.25, -0.2) is 0 Å². The first-order chi connectivity index (χ1) is 15.9. The zero-order valence-electron chi connectivity index (χ0n) is 19.7. The van der Waals surface area contributed by atoms with E-state index in [1.807, 2.05) is 19.1 Å². The highest BCUT2D eigenvalue weighted by atomic mass is 35.5. The Labute approximate surface area is 201 Å². The first-order valence-corrected chi connectivity index (χ1v) is 11.5. The molecule has 2 aromatic rings. The summed E-state index contributed by atoms with van der Waals surface area (Å²) in [6.07, 6.45) is 2.33. The van der Waals surface area contributed by atoms with Crippen LogP contribution in [0, 0.1) is 0 Å². The highest BCUT2D eigenvalue weighted by Gasteiger charge is 2.28. The molecule has 0 bridgehead atoms. The van der Waals surface area contributed by atoms with Crippen LogP contribution >= 0.6 is 11.6 Å². The number of rotatable bonds is 13. The standard InChI is InChI=1S/C25H33ClN2O5/c1-5-7-12-27-25(30)23(6-2)28(16-18-8-10-19(26)11-9-18)24(29)17-33-22-14-20(31-3)13-21(15-22)32-4/h8-11,13-15,23H,5-7,12,16-17H2,1-4H3,(H,27,30). The molecule has 0 aliphatic carbocycles. The van der Waals surface area contributed by atoms with E-state index < -0.39 is 6.04 Å². The normalized spacial score (nSPS) is 11.4. The average Bonchev–Trinajstić information content (AvgIpc) is 2.83. The Morgan fingerprint density at radius 1 is 1.00 bits per heavy atom. The number of carbonyl (C=O) groups is 2. The molecule has 0 saturated heterocycles. The molecule has 2 amide bonds. The molecule has 180 valence electrons. The smallest absolute Gasteiger partial charge is 0.261 e. The summed E-state index contributed by atoms with van der Waals surface area (Å²) in [5.41, 5.74) is 0.871. The van der Waals surface area contributed by atoms with Crippen LogP contribution in [-0.4, -0.2) is 50.1 Å². The van der Waals surface area contributed by atoms with Gasteiger partial charge in [0.1, 0.15) is 23.3 Å². The van der Waals surface area contributed by atoms with Crippen molar-refractivity contribution in [2.24, 2.45) is 0 Å². The van der Waals surface area contributed by atoms with Crippen LogP contribution in [0.3, 0.4) is 0 Å². The predicted molar refractivity (Wildman–Crippen MR) is 129 cm³/mol. The number of ether oxygens (including phenoxy) is 3. The second-order valence-corrected chi connectivity index (χ2v) is 7.99. The zero-order valence-corrected chi connectivity index (χ0v) is 20.5. The molecule has 7 nitrogen and oxygen atoms in total. The molecule has 0 fully saturated rings. The molecule has 1 unspecified atom stereocenters. The molecule has 0 spiro atoms. The lowest BCUT2D eigenvalue weighted by Crippen LogP contribution is -2.50. The van der Waals surface area contributed by atoms with E-state index >= 15 is 0 Å². The molecule has 0 saturated carbocycles. The van der Waals surface area contributed by atoms with Gasteiger partial charge >= 0.3 is 0 Å². The van der Waals surface area contributed by atoms with E-state index in [9.17, 15) is 9.59 Å². The van der Waals surface area contributed by atoms with Gasteiger partial charge in [0.05, 0.1) is 14.2 Å². The number of nitrogens with zero attached hydrogens (tertiary/aromatic N) is 1. The summed E-state index contributed by atoms with van der Waals surface area (Å²) in [5.74, 6) is 1.07. The number of hydrogen-bond acceptors (Lipinski definition) is 5. The third-order valence-electron chi connectivity index (χ3n) is 5.17. The van der Waals surface area contributed by atoms with Gasteiger partial charge in [-0.2, -0.15) is 0 Å². The lowest BCUT2D eigenvalue weighted by atomic mass is 10.1. The fourth-order valence-corrected chi connectivity index (χ4v) is 3.43. The van der Waals surface area contributed by atoms with Gasteiger partial charge in [0.15, 0.2) is 6.61 Å². The summed E-state index contributed by atoms with van der Waals surface area (Å²) in [6, 6.07) is 11.7. The molecule has 0 heterocycles. The number of halogens is 1. The van der Waals surface area contributed by atoms with Gasteiger partial charge in [-0.15, -0.1) is 0 Å². The van der Waals surface area contributed by atoms with E-state index in [4.69, 9.17) is 25.8 Å². The van der Waals surface area contributed by atoms with Gasteiger partial charge in [0.2, 0.25) is 5.91 Å². The highest BCUT2D eigenvalue weighted by molar-refractivity contribution is 6.30. The van der Waals surface area contributed by atoms with Crippen molar-refractivity contribution in [3.8, 4) is 17.2 Å². The topological polar surface area (TPSA) is 77.1 Å². The summed E-state index contributed by atoms with van der Waals surface area (Å²) in [7, 11) is 3.08. The van der Waals surface area contributed by atoms with Gasteiger partial charge in [0, 0.05) is 36.3 Å². The minimum Gasteiger partial charge on any atom is -0.496 e. The second kappa shape index (κ2) is 13.6. The molecule has 0 aliphatic heterocycles. The number of carbonyl (C=O) groups excluding carboxylic acids is 2. The van der Waals surface area contributed by atoms with Crippen molar-refractivity contribution in [2.75, 3.05) is 27.4 Å². The number of methoxy groups -OCH3 is 2. The van der Waals surface area contributed by atoms with Gasteiger partial charge in [-0.05, 0) is 30.5 Å². The van der Waals surface area contributed by atoms with Crippen molar-refractivity contribution in [2.45, 2.75) is 45.7 Å². The van der Waals surface area contributed by atoms with Gasteiger partial charge in [-0.3, -0.25) is 9.59 Å². The van der Waals surface area contributed by atoms with E-state index in [2.05, 4.69) is 12.2 Å². The molecular weight excluding hydrogens is 444 g/mol. The van der Waals surface area contributed by atoms with Crippen molar-refractivity contribution in [1.29, 1.82) is 0 Å². The number of unbranched alkanes of at least 4 members (excludes halogenated alkanes) is 1. The zero-order chi connectivity index (χ0) is 24.2. The average molecular weight is 477 g/mol. The van der Waals surface area contributed by atoms with Crippen molar-refractivity contribution >= 4 is 23.4 Å². The molecule has 33 heavy (non-hydrogen) atoms. The van der Waals surface area contributed by atoms with Crippen molar-refractivity contribution in [3.05, 3.63) is 53.1 Å². The van der Waals surface area contributed by atoms with E-state index in [1.54, 1.807) is 49.5 Å². The van der Waals surface area contributed by atoms with E-state index in [1.165, 1.54) is 0 Å². The Kier molecular flexibility index (Phi) is 10.8. The Morgan fingerprint density at radius 2 is 1.61 bits per heavy atom. The van der Waals surface area contributed by atoms with Gasteiger partial charge in [0.25, 0.3) is 5.91 Å². The van der Waals surface area contributed by atoms with Crippen LogP contribution in [0.5, 0.6) is 17.2 Å². The SMILES string of the molecule is CCCCNC(=O)C(CC)N(Cc1ccc(Cl)cc1)C(=O)COc1cc(OC)cc(OC)c1. The van der Waals surface area contributed by atoms with Crippen LogP contribution in [-0.2, 0) is 16.1 Å². The monoisotopic (exact) mass is 476 g/mol. The van der Waals surface area contributed by atoms with Crippen molar-refractivity contribution in [3.63, 3.8) is 0 Å². The molecule has 1 atom stereocenters. The molecular formula is C25H33ClN2O5. The maximum atomic E-state index is 13.3. The molecule has 0 radical (unpaired) electrons. The summed E-state index contributed by atoms with van der Waals surface area (Å²) < 4.78 is 16.3. The molecule has 2 aromatic carbocycles. The number of hydrogen-bond donors (Lipinski definition) is 1. The quantitative estimate of drug-likeness (QED) is 0.432. The van der Waals surface area contributed by atoms with Crippen LogP contribution < -0.4 is 19.5 Å². The number of nitrogens with one attached hydrogen (secondary N) is 1. The maximum absolute atomic E-state index is 13.3. The van der Waals surface area contributed by atoms with Gasteiger partial charge < -0.3 is 24.4 Å².